The minimum absolute atomic E-state index is 0.0558. The van der Waals surface area contributed by atoms with Crippen LogP contribution in [0.1, 0.15) is 5.69 Å². The van der Waals surface area contributed by atoms with Gasteiger partial charge in [-0.1, -0.05) is 0 Å². The van der Waals surface area contributed by atoms with Crippen LogP contribution in [0.25, 0.3) is 0 Å². The monoisotopic (exact) mass is 215 g/mol. The summed E-state index contributed by atoms with van der Waals surface area (Å²) >= 11 is 3.13. The Labute approximate surface area is 72.2 Å². The summed E-state index contributed by atoms with van der Waals surface area (Å²) in [6.45, 7) is 0. The van der Waals surface area contributed by atoms with Crippen molar-refractivity contribution < 1.29 is 9.90 Å². The van der Waals surface area contributed by atoms with Crippen LogP contribution >= 0.6 is 15.9 Å². The van der Waals surface area contributed by atoms with Gasteiger partial charge in [-0.25, -0.2) is 4.98 Å². The highest BCUT2D eigenvalue weighted by atomic mass is 79.9. The predicted octanol–water partition coefficient (Wildman–Crippen LogP) is 1.29. The Morgan fingerprint density at radius 1 is 1.64 bits per heavy atom. The van der Waals surface area contributed by atoms with E-state index < -0.39 is 0 Å². The quantitative estimate of drug-likeness (QED) is 0.598. The molecule has 0 unspecified atom stereocenters. The smallest absolute Gasteiger partial charge is 0.137 e. The molecule has 0 spiro atoms. The second kappa shape index (κ2) is 3.48. The molecule has 58 valence electrons. The van der Waals surface area contributed by atoms with Crippen LogP contribution in [-0.2, 0) is 11.2 Å². The van der Waals surface area contributed by atoms with E-state index in [1.165, 1.54) is 6.07 Å². The van der Waals surface area contributed by atoms with Gasteiger partial charge in [0.25, 0.3) is 0 Å². The van der Waals surface area contributed by atoms with E-state index in [4.69, 9.17) is 5.11 Å². The van der Waals surface area contributed by atoms with E-state index in [0.717, 1.165) is 0 Å². The molecule has 1 aromatic rings. The molecule has 0 atom stereocenters. The maximum Gasteiger partial charge on any atom is 0.137 e. The fraction of sp³-hybridized carbons (Fsp3) is 0.143. The first-order chi connectivity index (χ1) is 5.24. The third-order valence-corrected chi connectivity index (χ3v) is 1.63. The van der Waals surface area contributed by atoms with Crippen LogP contribution in [-0.4, -0.2) is 16.4 Å². The fourth-order valence-electron chi connectivity index (χ4n) is 0.697. The molecular weight excluding hydrogens is 210 g/mol. The molecule has 0 saturated carbocycles. The number of carbonyl (C=O) groups is 1. The van der Waals surface area contributed by atoms with Crippen LogP contribution in [0.15, 0.2) is 16.7 Å². The Bertz CT molecular complexity index is 275. The van der Waals surface area contributed by atoms with Crippen LogP contribution in [0.2, 0.25) is 0 Å². The topological polar surface area (TPSA) is 50.2 Å². The summed E-state index contributed by atoms with van der Waals surface area (Å²) in [5.41, 5.74) is 0.398. The number of rotatable bonds is 2. The van der Waals surface area contributed by atoms with Crippen molar-refractivity contribution in [3.63, 3.8) is 0 Å². The number of hydrogen-bond acceptors (Lipinski definition) is 3. The Morgan fingerprint density at radius 2 is 2.36 bits per heavy atom. The summed E-state index contributed by atoms with van der Waals surface area (Å²) in [5.74, 6) is 0.0558. The zero-order valence-corrected chi connectivity index (χ0v) is 7.21. The molecule has 0 fully saturated rings. The minimum Gasteiger partial charge on any atom is -0.506 e. The lowest BCUT2D eigenvalue weighted by atomic mass is 10.3. The van der Waals surface area contributed by atoms with Gasteiger partial charge in [-0.15, -0.1) is 0 Å². The van der Waals surface area contributed by atoms with Gasteiger partial charge in [0.1, 0.15) is 16.6 Å². The lowest BCUT2D eigenvalue weighted by Crippen LogP contribution is -1.91. The molecule has 4 heteroatoms. The molecule has 0 aliphatic carbocycles. The molecule has 1 heterocycles. The van der Waals surface area contributed by atoms with Gasteiger partial charge >= 0.3 is 0 Å². The Balaban J connectivity index is 3.01. The summed E-state index contributed by atoms with van der Waals surface area (Å²) in [6, 6.07) is 3.11. The standard InChI is InChI=1S/C7H6BrNO2/c8-7-2-1-6(11)5(9-7)3-4-10/h1-2,4,11H,3H2. The summed E-state index contributed by atoms with van der Waals surface area (Å²) in [7, 11) is 0. The van der Waals surface area contributed by atoms with Crippen LogP contribution < -0.4 is 0 Å². The maximum absolute atomic E-state index is 10.1. The van der Waals surface area contributed by atoms with E-state index in [9.17, 15) is 4.79 Å². The van der Waals surface area contributed by atoms with Gasteiger partial charge in [-0.3, -0.25) is 0 Å². The number of pyridine rings is 1. The zero-order valence-electron chi connectivity index (χ0n) is 5.62. The van der Waals surface area contributed by atoms with E-state index >= 15 is 0 Å². The van der Waals surface area contributed by atoms with Crippen molar-refractivity contribution in [1.29, 1.82) is 0 Å². The normalized spacial score (nSPS) is 9.55. The van der Waals surface area contributed by atoms with Crippen LogP contribution in [0, 0.1) is 0 Å². The third kappa shape index (κ3) is 2.01. The van der Waals surface area contributed by atoms with E-state index in [1.807, 2.05) is 0 Å². The molecule has 0 aliphatic rings. The van der Waals surface area contributed by atoms with Crippen molar-refractivity contribution in [3.8, 4) is 5.75 Å². The number of hydrogen-bond donors (Lipinski definition) is 1. The van der Waals surface area contributed by atoms with Gasteiger partial charge in [0, 0.05) is 6.42 Å². The molecule has 11 heavy (non-hydrogen) atoms. The van der Waals surface area contributed by atoms with E-state index in [-0.39, 0.29) is 12.2 Å². The molecular formula is C7H6BrNO2. The molecule has 0 radical (unpaired) electrons. The highest BCUT2D eigenvalue weighted by molar-refractivity contribution is 9.10. The number of halogens is 1. The largest absolute Gasteiger partial charge is 0.506 e. The maximum atomic E-state index is 10.1. The first kappa shape index (κ1) is 8.20. The highest BCUT2D eigenvalue weighted by Gasteiger charge is 2.01. The number of aromatic nitrogens is 1. The van der Waals surface area contributed by atoms with E-state index in [1.54, 1.807) is 6.07 Å². The molecule has 1 rings (SSSR count). The summed E-state index contributed by atoms with van der Waals surface area (Å²) in [5, 5.41) is 9.12. The van der Waals surface area contributed by atoms with Crippen molar-refractivity contribution in [2.45, 2.75) is 6.42 Å². The average Bonchev–Trinajstić information content (AvgIpc) is 1.98. The van der Waals surface area contributed by atoms with Crippen molar-refractivity contribution in [2.75, 3.05) is 0 Å². The van der Waals surface area contributed by atoms with E-state index in [2.05, 4.69) is 20.9 Å². The Kier molecular flexibility index (Phi) is 2.59. The summed E-state index contributed by atoms with van der Waals surface area (Å²) in [6.07, 6.45) is 0.847. The summed E-state index contributed by atoms with van der Waals surface area (Å²) in [4.78, 5) is 14.0. The van der Waals surface area contributed by atoms with Crippen molar-refractivity contribution in [1.82, 2.24) is 4.98 Å². The van der Waals surface area contributed by atoms with Crippen molar-refractivity contribution >= 4 is 22.2 Å². The molecule has 0 aliphatic heterocycles. The highest BCUT2D eigenvalue weighted by Crippen LogP contribution is 2.17. The summed E-state index contributed by atoms with van der Waals surface area (Å²) < 4.78 is 0.618. The first-order valence-corrected chi connectivity index (χ1v) is 3.81. The SMILES string of the molecule is O=CCc1nc(Br)ccc1O. The van der Waals surface area contributed by atoms with Crippen LogP contribution in [0.5, 0.6) is 5.75 Å². The number of aldehydes is 1. The predicted molar refractivity (Wildman–Crippen MR) is 43.4 cm³/mol. The van der Waals surface area contributed by atoms with Gasteiger partial charge in [-0.05, 0) is 28.1 Å². The Hall–Kier alpha value is -0.900. The molecule has 3 nitrogen and oxygen atoms in total. The molecule has 0 saturated heterocycles. The minimum atomic E-state index is 0.0558. The van der Waals surface area contributed by atoms with Crippen LogP contribution in [0.4, 0.5) is 0 Å². The molecule has 0 bridgehead atoms. The molecule has 1 aromatic heterocycles. The lowest BCUT2D eigenvalue weighted by molar-refractivity contribution is -0.107. The third-order valence-electron chi connectivity index (χ3n) is 1.19. The van der Waals surface area contributed by atoms with Gasteiger partial charge in [0.2, 0.25) is 0 Å². The average molecular weight is 216 g/mol. The Morgan fingerprint density at radius 3 is 3.00 bits per heavy atom. The van der Waals surface area contributed by atoms with Gasteiger partial charge < -0.3 is 9.90 Å². The molecule has 0 amide bonds. The van der Waals surface area contributed by atoms with Gasteiger partial charge in [0.05, 0.1) is 5.69 Å². The number of nitrogens with zero attached hydrogens (tertiary/aromatic N) is 1. The van der Waals surface area contributed by atoms with E-state index in [0.29, 0.717) is 16.6 Å². The van der Waals surface area contributed by atoms with Crippen molar-refractivity contribution in [2.24, 2.45) is 0 Å². The lowest BCUT2D eigenvalue weighted by Gasteiger charge is -1.98. The van der Waals surface area contributed by atoms with Gasteiger partial charge in [0.15, 0.2) is 0 Å². The van der Waals surface area contributed by atoms with Gasteiger partial charge in [-0.2, -0.15) is 0 Å². The van der Waals surface area contributed by atoms with Crippen molar-refractivity contribution in [3.05, 3.63) is 22.4 Å². The molecule has 1 N–H and O–H groups in total. The number of aromatic hydroxyl groups is 1. The second-order valence-corrected chi connectivity index (χ2v) is 2.78. The number of carbonyl (C=O) groups excluding carboxylic acids is 1. The first-order valence-electron chi connectivity index (χ1n) is 3.02. The molecule has 0 aromatic carbocycles. The zero-order chi connectivity index (χ0) is 8.27. The second-order valence-electron chi connectivity index (χ2n) is 1.97. The van der Waals surface area contributed by atoms with Crippen LogP contribution in [0.3, 0.4) is 0 Å². The fourth-order valence-corrected chi connectivity index (χ4v) is 1.04.